The largest absolute Gasteiger partial charge is 0.478 e. The van der Waals surface area contributed by atoms with Crippen molar-refractivity contribution in [2.75, 3.05) is 0 Å². The Morgan fingerprint density at radius 1 is 1.40 bits per heavy atom. The van der Waals surface area contributed by atoms with Crippen molar-refractivity contribution in [2.45, 2.75) is 19.6 Å². The quantitative estimate of drug-likeness (QED) is 0.942. The Kier molecular flexibility index (Phi) is 3.52. The van der Waals surface area contributed by atoms with Crippen LogP contribution < -0.4 is 0 Å². The summed E-state index contributed by atoms with van der Waals surface area (Å²) in [4.78, 5) is 10.9. The van der Waals surface area contributed by atoms with Crippen LogP contribution in [0.5, 0.6) is 0 Å². The molecule has 1 heterocycles. The van der Waals surface area contributed by atoms with Crippen LogP contribution in [0.1, 0.15) is 27.2 Å². The lowest BCUT2D eigenvalue weighted by atomic mass is 10.1. The molecule has 7 heteroatoms. The summed E-state index contributed by atoms with van der Waals surface area (Å²) in [5, 5.41) is 12.9. The zero-order valence-corrected chi connectivity index (χ0v) is 10.5. The molecule has 0 saturated carbocycles. The highest BCUT2D eigenvalue weighted by molar-refractivity contribution is 5.88. The zero-order chi connectivity index (χ0) is 14.9. The third-order valence-electron chi connectivity index (χ3n) is 2.78. The summed E-state index contributed by atoms with van der Waals surface area (Å²) >= 11 is 0. The number of hydrogen-bond acceptors (Lipinski definition) is 2. The normalized spacial score (nSPS) is 11.6. The molecule has 4 nitrogen and oxygen atoms in total. The van der Waals surface area contributed by atoms with E-state index in [1.165, 1.54) is 29.9 Å². The molecule has 0 bridgehead atoms. The first-order valence-electron chi connectivity index (χ1n) is 5.71. The molecule has 2 aromatic rings. The molecule has 0 saturated heterocycles. The predicted octanol–water partition coefficient (Wildman–Crippen LogP) is 2.96. The standard InChI is InChI=1S/C13H11F3N2O2/c1-8-11(12(19)20)7-18(17-8)6-9-3-2-4-10(5-9)13(14,15)16/h2-5,7H,6H2,1H3,(H,19,20). The second kappa shape index (κ2) is 4.99. The number of aromatic nitrogens is 2. The lowest BCUT2D eigenvalue weighted by Gasteiger charge is -2.08. The Bertz CT molecular complexity index is 647. The smallest absolute Gasteiger partial charge is 0.416 e. The van der Waals surface area contributed by atoms with Gasteiger partial charge in [-0.2, -0.15) is 18.3 Å². The van der Waals surface area contributed by atoms with E-state index in [4.69, 9.17) is 5.11 Å². The van der Waals surface area contributed by atoms with Crippen molar-refractivity contribution in [2.24, 2.45) is 0 Å². The molecule has 0 amide bonds. The first kappa shape index (κ1) is 14.1. The number of carboxylic acid groups (broad SMARTS) is 1. The van der Waals surface area contributed by atoms with E-state index in [2.05, 4.69) is 5.10 Å². The zero-order valence-electron chi connectivity index (χ0n) is 10.5. The van der Waals surface area contributed by atoms with Crippen molar-refractivity contribution in [3.63, 3.8) is 0 Å². The predicted molar refractivity (Wildman–Crippen MR) is 64.5 cm³/mol. The molecule has 0 atom stereocenters. The van der Waals surface area contributed by atoms with Gasteiger partial charge in [-0.3, -0.25) is 4.68 Å². The molecule has 20 heavy (non-hydrogen) atoms. The van der Waals surface area contributed by atoms with E-state index in [0.29, 0.717) is 11.3 Å². The van der Waals surface area contributed by atoms with Crippen molar-refractivity contribution in [3.8, 4) is 0 Å². The fourth-order valence-corrected chi connectivity index (χ4v) is 1.84. The highest BCUT2D eigenvalue weighted by atomic mass is 19.4. The van der Waals surface area contributed by atoms with Crippen molar-refractivity contribution in [3.05, 3.63) is 52.8 Å². The van der Waals surface area contributed by atoms with Gasteiger partial charge in [-0.05, 0) is 24.6 Å². The van der Waals surface area contributed by atoms with Crippen LogP contribution in [0.4, 0.5) is 13.2 Å². The number of alkyl halides is 3. The summed E-state index contributed by atoms with van der Waals surface area (Å²) < 4.78 is 39.1. The minimum absolute atomic E-state index is 0.0389. The maximum absolute atomic E-state index is 12.6. The third-order valence-corrected chi connectivity index (χ3v) is 2.78. The summed E-state index contributed by atoms with van der Waals surface area (Å²) in [6.45, 7) is 1.62. The topological polar surface area (TPSA) is 55.1 Å². The number of hydrogen-bond donors (Lipinski definition) is 1. The Hall–Kier alpha value is -2.31. The van der Waals surface area contributed by atoms with Crippen LogP contribution in [-0.2, 0) is 12.7 Å². The molecule has 0 radical (unpaired) electrons. The van der Waals surface area contributed by atoms with E-state index in [-0.39, 0.29) is 12.1 Å². The Morgan fingerprint density at radius 3 is 2.65 bits per heavy atom. The van der Waals surface area contributed by atoms with Crippen LogP contribution in [0.15, 0.2) is 30.5 Å². The molecule has 0 aliphatic heterocycles. The van der Waals surface area contributed by atoms with Crippen LogP contribution in [-0.4, -0.2) is 20.9 Å². The monoisotopic (exact) mass is 284 g/mol. The Labute approximate surface area is 112 Å². The maximum Gasteiger partial charge on any atom is 0.416 e. The van der Waals surface area contributed by atoms with E-state index in [9.17, 15) is 18.0 Å². The SMILES string of the molecule is Cc1nn(Cc2cccc(C(F)(F)F)c2)cc1C(=O)O. The molecule has 0 unspecified atom stereocenters. The number of halogens is 3. The molecule has 1 N–H and O–H groups in total. The molecule has 1 aromatic carbocycles. The van der Waals surface area contributed by atoms with E-state index >= 15 is 0 Å². The minimum atomic E-state index is -4.40. The van der Waals surface area contributed by atoms with Gasteiger partial charge in [-0.15, -0.1) is 0 Å². The fourth-order valence-electron chi connectivity index (χ4n) is 1.84. The number of rotatable bonds is 3. The van der Waals surface area contributed by atoms with Gasteiger partial charge in [0.1, 0.15) is 5.56 Å². The van der Waals surface area contributed by atoms with E-state index < -0.39 is 17.7 Å². The van der Waals surface area contributed by atoms with Gasteiger partial charge in [0.15, 0.2) is 0 Å². The van der Waals surface area contributed by atoms with Crippen LogP contribution in [0.2, 0.25) is 0 Å². The maximum atomic E-state index is 12.6. The molecule has 0 fully saturated rings. The summed E-state index contributed by atoms with van der Waals surface area (Å²) in [7, 11) is 0. The summed E-state index contributed by atoms with van der Waals surface area (Å²) in [5.74, 6) is -1.11. The summed E-state index contributed by atoms with van der Waals surface area (Å²) in [6, 6.07) is 4.86. The molecule has 2 rings (SSSR count). The lowest BCUT2D eigenvalue weighted by molar-refractivity contribution is -0.137. The number of benzene rings is 1. The van der Waals surface area contributed by atoms with Gasteiger partial charge >= 0.3 is 12.1 Å². The lowest BCUT2D eigenvalue weighted by Crippen LogP contribution is -2.07. The molecular formula is C13H11F3N2O2. The highest BCUT2D eigenvalue weighted by Crippen LogP contribution is 2.29. The van der Waals surface area contributed by atoms with Gasteiger partial charge in [0.25, 0.3) is 0 Å². The molecule has 0 aliphatic carbocycles. The molecule has 106 valence electrons. The average Bonchev–Trinajstić information content (AvgIpc) is 2.69. The van der Waals surface area contributed by atoms with Crippen LogP contribution in [0.25, 0.3) is 0 Å². The van der Waals surface area contributed by atoms with Gasteiger partial charge in [0.05, 0.1) is 17.8 Å². The van der Waals surface area contributed by atoms with Gasteiger partial charge in [0.2, 0.25) is 0 Å². The number of carbonyl (C=O) groups is 1. The van der Waals surface area contributed by atoms with E-state index in [0.717, 1.165) is 12.1 Å². The Morgan fingerprint density at radius 2 is 2.10 bits per heavy atom. The fraction of sp³-hybridized carbons (Fsp3) is 0.231. The number of aromatic carboxylic acids is 1. The second-order valence-electron chi connectivity index (χ2n) is 4.33. The van der Waals surface area contributed by atoms with Crippen molar-refractivity contribution in [1.82, 2.24) is 9.78 Å². The average molecular weight is 284 g/mol. The van der Waals surface area contributed by atoms with Gasteiger partial charge in [-0.25, -0.2) is 4.79 Å². The van der Waals surface area contributed by atoms with Gasteiger partial charge in [0, 0.05) is 6.20 Å². The molecule has 1 aromatic heterocycles. The first-order valence-corrected chi connectivity index (χ1v) is 5.71. The van der Waals surface area contributed by atoms with Crippen LogP contribution in [0, 0.1) is 6.92 Å². The van der Waals surface area contributed by atoms with Gasteiger partial charge < -0.3 is 5.11 Å². The van der Waals surface area contributed by atoms with Gasteiger partial charge in [-0.1, -0.05) is 12.1 Å². The number of aryl methyl sites for hydroxylation is 1. The van der Waals surface area contributed by atoms with Crippen LogP contribution >= 0.6 is 0 Å². The summed E-state index contributed by atoms with van der Waals surface area (Å²) in [6.07, 6.45) is -3.10. The van der Waals surface area contributed by atoms with Crippen molar-refractivity contribution >= 4 is 5.97 Å². The third kappa shape index (κ3) is 2.98. The second-order valence-corrected chi connectivity index (χ2v) is 4.33. The van der Waals surface area contributed by atoms with E-state index in [1.54, 1.807) is 0 Å². The Balaban J connectivity index is 2.26. The summed E-state index contributed by atoms with van der Waals surface area (Å²) in [5.41, 5.74) is 0.0260. The number of nitrogens with zero attached hydrogens (tertiary/aromatic N) is 2. The van der Waals surface area contributed by atoms with Crippen molar-refractivity contribution < 1.29 is 23.1 Å². The highest BCUT2D eigenvalue weighted by Gasteiger charge is 2.30. The molecule has 0 aliphatic rings. The van der Waals surface area contributed by atoms with Crippen LogP contribution in [0.3, 0.4) is 0 Å². The van der Waals surface area contributed by atoms with E-state index in [1.807, 2.05) is 0 Å². The van der Waals surface area contributed by atoms with Crippen molar-refractivity contribution in [1.29, 1.82) is 0 Å². The molecular weight excluding hydrogens is 273 g/mol. The number of carboxylic acids is 1. The molecule has 0 spiro atoms. The first-order chi connectivity index (χ1) is 9.27. The minimum Gasteiger partial charge on any atom is -0.478 e.